The van der Waals surface area contributed by atoms with E-state index >= 15 is 0 Å². The van der Waals surface area contributed by atoms with E-state index in [1.165, 1.54) is 18.4 Å². The van der Waals surface area contributed by atoms with Crippen LogP contribution in [-0.2, 0) is 19.5 Å². The first-order chi connectivity index (χ1) is 13.3. The van der Waals surface area contributed by atoms with Crippen LogP contribution in [0.3, 0.4) is 0 Å². The van der Waals surface area contributed by atoms with Crippen molar-refractivity contribution in [2.75, 3.05) is 13.1 Å². The van der Waals surface area contributed by atoms with E-state index in [1.807, 2.05) is 12.1 Å². The Morgan fingerprint density at radius 2 is 2.07 bits per heavy atom. The largest absolute Gasteiger partial charge is 0.309 e. The van der Waals surface area contributed by atoms with Crippen LogP contribution >= 0.6 is 0 Å². The third kappa shape index (κ3) is 3.19. The standard InChI is InChI=1S/C21H25N5O/c27-21-16-9-11-25(13-15-6-2-1-3-7-15)14-19(16)23-20-12-18(24-26(20)21)17-8-4-5-10-22-17/h1-3,6-7,12,17,22,24H,4-5,8-11,13-14H2/t17-/m1/s1. The number of rotatable bonds is 3. The lowest BCUT2D eigenvalue weighted by Gasteiger charge is -2.27. The Morgan fingerprint density at radius 1 is 1.19 bits per heavy atom. The zero-order valence-corrected chi connectivity index (χ0v) is 15.4. The van der Waals surface area contributed by atoms with Gasteiger partial charge in [0.05, 0.1) is 11.4 Å². The quantitative estimate of drug-likeness (QED) is 0.750. The Bertz CT molecular complexity index is 1000. The van der Waals surface area contributed by atoms with Crippen LogP contribution in [0.1, 0.15) is 47.8 Å². The summed E-state index contributed by atoms with van der Waals surface area (Å²) in [6, 6.07) is 12.8. The number of aromatic amines is 1. The van der Waals surface area contributed by atoms with Crippen LogP contribution in [0.4, 0.5) is 0 Å². The highest BCUT2D eigenvalue weighted by Crippen LogP contribution is 2.23. The molecule has 0 radical (unpaired) electrons. The molecular formula is C21H25N5O. The molecule has 0 aliphatic carbocycles. The van der Waals surface area contributed by atoms with Crippen LogP contribution in [0.15, 0.2) is 41.2 Å². The van der Waals surface area contributed by atoms with Gasteiger partial charge in [0.2, 0.25) is 0 Å². The molecule has 0 spiro atoms. The fourth-order valence-electron chi connectivity index (χ4n) is 4.34. The van der Waals surface area contributed by atoms with Crippen molar-refractivity contribution < 1.29 is 0 Å². The number of benzene rings is 1. The van der Waals surface area contributed by atoms with Crippen LogP contribution in [-0.4, -0.2) is 32.6 Å². The molecule has 140 valence electrons. The number of nitrogens with one attached hydrogen (secondary N) is 2. The molecule has 1 fully saturated rings. The number of nitrogens with zero attached hydrogens (tertiary/aromatic N) is 3. The first-order valence-electron chi connectivity index (χ1n) is 9.91. The Morgan fingerprint density at radius 3 is 2.89 bits per heavy atom. The van der Waals surface area contributed by atoms with Gasteiger partial charge in [-0.05, 0) is 31.4 Å². The van der Waals surface area contributed by atoms with Crippen LogP contribution in [0, 0.1) is 0 Å². The molecule has 3 aromatic rings. The summed E-state index contributed by atoms with van der Waals surface area (Å²) in [6.07, 6.45) is 4.31. The van der Waals surface area contributed by atoms with E-state index in [2.05, 4.69) is 39.6 Å². The molecule has 27 heavy (non-hydrogen) atoms. The molecular weight excluding hydrogens is 338 g/mol. The van der Waals surface area contributed by atoms with Gasteiger partial charge in [-0.2, -0.15) is 0 Å². The molecule has 2 aromatic heterocycles. The Hall–Kier alpha value is -2.44. The molecule has 2 aliphatic heterocycles. The van der Waals surface area contributed by atoms with Crippen molar-refractivity contribution in [3.05, 3.63) is 69.3 Å². The monoisotopic (exact) mass is 363 g/mol. The number of H-pyrrole nitrogens is 1. The number of aromatic nitrogens is 3. The van der Waals surface area contributed by atoms with Crippen molar-refractivity contribution in [2.24, 2.45) is 0 Å². The Labute approximate surface area is 158 Å². The molecule has 5 rings (SSSR count). The van der Waals surface area contributed by atoms with Crippen LogP contribution < -0.4 is 10.9 Å². The van der Waals surface area contributed by atoms with E-state index in [9.17, 15) is 4.79 Å². The average Bonchev–Trinajstić information content (AvgIpc) is 3.14. The van der Waals surface area contributed by atoms with Gasteiger partial charge in [0.25, 0.3) is 5.56 Å². The average molecular weight is 363 g/mol. The predicted octanol–water partition coefficient (Wildman–Crippen LogP) is 2.40. The Balaban J connectivity index is 1.44. The second kappa shape index (κ2) is 6.94. The second-order valence-corrected chi connectivity index (χ2v) is 7.70. The number of fused-ring (bicyclic) bond motifs is 2. The van der Waals surface area contributed by atoms with Gasteiger partial charge in [-0.25, -0.2) is 9.50 Å². The van der Waals surface area contributed by atoms with Gasteiger partial charge in [0, 0.05) is 37.3 Å². The molecule has 6 heteroatoms. The van der Waals surface area contributed by atoms with E-state index < -0.39 is 0 Å². The van der Waals surface area contributed by atoms with Crippen LogP contribution in [0.5, 0.6) is 0 Å². The maximum Gasteiger partial charge on any atom is 0.276 e. The zero-order valence-electron chi connectivity index (χ0n) is 15.4. The summed E-state index contributed by atoms with van der Waals surface area (Å²) in [6.45, 7) is 3.56. The minimum Gasteiger partial charge on any atom is -0.309 e. The van der Waals surface area contributed by atoms with Crippen molar-refractivity contribution in [3.63, 3.8) is 0 Å². The molecule has 1 aromatic carbocycles. The highest BCUT2D eigenvalue weighted by molar-refractivity contribution is 5.43. The molecule has 1 atom stereocenters. The minimum absolute atomic E-state index is 0.0661. The smallest absolute Gasteiger partial charge is 0.276 e. The first-order valence-corrected chi connectivity index (χ1v) is 9.91. The fourth-order valence-corrected chi connectivity index (χ4v) is 4.34. The van der Waals surface area contributed by atoms with Crippen molar-refractivity contribution in [1.82, 2.24) is 24.8 Å². The third-order valence-electron chi connectivity index (χ3n) is 5.80. The van der Waals surface area contributed by atoms with Crippen molar-refractivity contribution in [3.8, 4) is 0 Å². The van der Waals surface area contributed by atoms with Gasteiger partial charge < -0.3 is 5.32 Å². The first kappa shape index (κ1) is 16.7. The topological polar surface area (TPSA) is 65.4 Å². The highest BCUT2D eigenvalue weighted by atomic mass is 16.1. The molecule has 2 aliphatic rings. The van der Waals surface area contributed by atoms with Crippen LogP contribution in [0.2, 0.25) is 0 Å². The lowest BCUT2D eigenvalue weighted by atomic mass is 10.0. The van der Waals surface area contributed by atoms with E-state index in [4.69, 9.17) is 4.98 Å². The molecule has 4 heterocycles. The van der Waals surface area contributed by atoms with Crippen molar-refractivity contribution in [2.45, 2.75) is 44.8 Å². The lowest BCUT2D eigenvalue weighted by molar-refractivity contribution is 0.240. The summed E-state index contributed by atoms with van der Waals surface area (Å²) < 4.78 is 1.64. The summed E-state index contributed by atoms with van der Waals surface area (Å²) in [4.78, 5) is 20.2. The maximum atomic E-state index is 13.0. The molecule has 2 N–H and O–H groups in total. The summed E-state index contributed by atoms with van der Waals surface area (Å²) in [5, 5.41) is 6.84. The van der Waals surface area contributed by atoms with Crippen molar-refractivity contribution >= 4 is 5.65 Å². The normalized spacial score (nSPS) is 20.7. The van der Waals surface area contributed by atoms with E-state index in [-0.39, 0.29) is 5.56 Å². The zero-order chi connectivity index (χ0) is 18.2. The third-order valence-corrected chi connectivity index (χ3v) is 5.80. The number of hydrogen-bond donors (Lipinski definition) is 2. The van der Waals surface area contributed by atoms with Gasteiger partial charge >= 0.3 is 0 Å². The van der Waals surface area contributed by atoms with Gasteiger partial charge in [0.15, 0.2) is 5.65 Å². The summed E-state index contributed by atoms with van der Waals surface area (Å²) in [5.41, 5.74) is 4.97. The van der Waals surface area contributed by atoms with Gasteiger partial charge in [-0.3, -0.25) is 14.8 Å². The Kier molecular flexibility index (Phi) is 4.30. The van der Waals surface area contributed by atoms with Gasteiger partial charge in [0.1, 0.15) is 0 Å². The molecule has 1 saturated heterocycles. The van der Waals surface area contributed by atoms with Gasteiger partial charge in [-0.1, -0.05) is 36.8 Å². The SMILES string of the molecule is O=c1c2c(nc3cc([C@H]4CCCCN4)[nH]n13)CN(Cc1ccccc1)CC2. The predicted molar refractivity (Wildman–Crippen MR) is 105 cm³/mol. The van der Waals surface area contributed by atoms with E-state index in [0.717, 1.165) is 61.6 Å². The van der Waals surface area contributed by atoms with E-state index in [1.54, 1.807) is 4.52 Å². The minimum atomic E-state index is 0.0661. The molecule has 0 amide bonds. The number of piperidine rings is 1. The summed E-state index contributed by atoms with van der Waals surface area (Å²) >= 11 is 0. The summed E-state index contributed by atoms with van der Waals surface area (Å²) in [5.74, 6) is 0. The van der Waals surface area contributed by atoms with Crippen LogP contribution in [0.25, 0.3) is 5.65 Å². The summed E-state index contributed by atoms with van der Waals surface area (Å²) in [7, 11) is 0. The molecule has 0 saturated carbocycles. The second-order valence-electron chi connectivity index (χ2n) is 7.70. The molecule has 0 bridgehead atoms. The molecule has 0 unspecified atom stereocenters. The lowest BCUT2D eigenvalue weighted by Crippen LogP contribution is -2.36. The van der Waals surface area contributed by atoms with Gasteiger partial charge in [-0.15, -0.1) is 0 Å². The number of hydrogen-bond acceptors (Lipinski definition) is 4. The van der Waals surface area contributed by atoms with Crippen molar-refractivity contribution in [1.29, 1.82) is 0 Å². The maximum absolute atomic E-state index is 13.0. The fraction of sp³-hybridized carbons (Fsp3) is 0.429. The molecule has 6 nitrogen and oxygen atoms in total. The highest BCUT2D eigenvalue weighted by Gasteiger charge is 2.24. The van der Waals surface area contributed by atoms with E-state index in [0.29, 0.717) is 6.04 Å².